The van der Waals surface area contributed by atoms with Gasteiger partial charge in [0.2, 0.25) is 0 Å². The summed E-state index contributed by atoms with van der Waals surface area (Å²) in [4.78, 5) is 9.72. The Morgan fingerprint density at radius 2 is 2.15 bits per heavy atom. The standard InChI is InChI=1S/C5H4BrNO4S2/c1-13(10,11)4-2-3(7(8)9)5(6)12-4/h2H,1H3. The topological polar surface area (TPSA) is 77.3 Å². The smallest absolute Gasteiger partial charge is 0.258 e. The van der Waals surface area contributed by atoms with Crippen molar-refractivity contribution in [2.24, 2.45) is 0 Å². The molecule has 13 heavy (non-hydrogen) atoms. The van der Waals surface area contributed by atoms with E-state index < -0.39 is 14.8 Å². The van der Waals surface area contributed by atoms with Crippen molar-refractivity contribution in [3.63, 3.8) is 0 Å². The molecule has 0 saturated heterocycles. The Morgan fingerprint density at radius 3 is 2.38 bits per heavy atom. The lowest BCUT2D eigenvalue weighted by Crippen LogP contribution is -1.92. The molecule has 1 heterocycles. The molecule has 1 rings (SSSR count). The number of halogens is 1. The maximum Gasteiger partial charge on any atom is 0.295 e. The average Bonchev–Trinajstić information content (AvgIpc) is 2.29. The summed E-state index contributed by atoms with van der Waals surface area (Å²) in [7, 11) is -3.35. The molecule has 0 bridgehead atoms. The molecule has 1 aromatic rings. The van der Waals surface area contributed by atoms with Crippen LogP contribution in [-0.4, -0.2) is 19.6 Å². The first-order valence-electron chi connectivity index (χ1n) is 2.96. The van der Waals surface area contributed by atoms with Crippen LogP contribution in [0.2, 0.25) is 0 Å². The Labute approximate surface area is 86.6 Å². The number of rotatable bonds is 2. The van der Waals surface area contributed by atoms with Crippen LogP contribution in [0.15, 0.2) is 14.1 Å². The summed E-state index contributed by atoms with van der Waals surface area (Å²) in [6, 6.07) is 1.05. The molecule has 5 nitrogen and oxygen atoms in total. The summed E-state index contributed by atoms with van der Waals surface area (Å²) in [6.07, 6.45) is 1.01. The van der Waals surface area contributed by atoms with Crippen molar-refractivity contribution >= 4 is 42.8 Å². The maximum absolute atomic E-state index is 11.0. The van der Waals surface area contributed by atoms with Crippen LogP contribution in [0.1, 0.15) is 0 Å². The maximum atomic E-state index is 11.0. The van der Waals surface area contributed by atoms with Gasteiger partial charge >= 0.3 is 0 Å². The van der Waals surface area contributed by atoms with Gasteiger partial charge in [0, 0.05) is 12.3 Å². The van der Waals surface area contributed by atoms with E-state index >= 15 is 0 Å². The van der Waals surface area contributed by atoms with Crippen molar-refractivity contribution in [2.45, 2.75) is 4.21 Å². The molecule has 8 heteroatoms. The van der Waals surface area contributed by atoms with Crippen molar-refractivity contribution in [1.82, 2.24) is 0 Å². The van der Waals surface area contributed by atoms with E-state index in [1.165, 1.54) is 0 Å². The Balaban J connectivity index is 3.33. The van der Waals surface area contributed by atoms with Gasteiger partial charge in [-0.25, -0.2) is 8.42 Å². The van der Waals surface area contributed by atoms with Gasteiger partial charge in [-0.3, -0.25) is 10.1 Å². The number of hydrogen-bond donors (Lipinski definition) is 0. The van der Waals surface area contributed by atoms with E-state index in [2.05, 4.69) is 15.9 Å². The minimum absolute atomic E-state index is 0.00826. The number of sulfone groups is 1. The van der Waals surface area contributed by atoms with Gasteiger partial charge in [0.05, 0.1) is 4.92 Å². The first-order valence-corrected chi connectivity index (χ1v) is 6.46. The molecule has 72 valence electrons. The highest BCUT2D eigenvalue weighted by Crippen LogP contribution is 2.36. The van der Waals surface area contributed by atoms with Gasteiger partial charge in [-0.05, 0) is 15.9 Å². The molecule has 0 saturated carbocycles. The molecule has 0 unspecified atom stereocenters. The van der Waals surface area contributed by atoms with Crippen LogP contribution in [0, 0.1) is 10.1 Å². The van der Waals surface area contributed by atoms with Crippen molar-refractivity contribution in [2.75, 3.05) is 6.26 Å². The molecule has 0 aliphatic carbocycles. The van der Waals surface area contributed by atoms with E-state index in [9.17, 15) is 18.5 Å². The summed E-state index contributed by atoms with van der Waals surface area (Å²) < 4.78 is 22.2. The summed E-state index contributed by atoms with van der Waals surface area (Å²) >= 11 is 3.76. The van der Waals surface area contributed by atoms with Gasteiger partial charge in [0.25, 0.3) is 5.69 Å². The van der Waals surface area contributed by atoms with E-state index in [4.69, 9.17) is 0 Å². The van der Waals surface area contributed by atoms with Crippen molar-refractivity contribution in [1.29, 1.82) is 0 Å². The van der Waals surface area contributed by atoms with Crippen LogP contribution in [-0.2, 0) is 9.84 Å². The predicted octanol–water partition coefficient (Wildman–Crippen LogP) is 1.82. The van der Waals surface area contributed by atoms with Gasteiger partial charge < -0.3 is 0 Å². The van der Waals surface area contributed by atoms with Crippen molar-refractivity contribution in [3.05, 3.63) is 20.0 Å². The zero-order valence-electron chi connectivity index (χ0n) is 6.35. The average molecular weight is 286 g/mol. The van der Waals surface area contributed by atoms with Gasteiger partial charge in [0.15, 0.2) is 9.84 Å². The third kappa shape index (κ3) is 2.26. The molecule has 1 aromatic heterocycles. The van der Waals surface area contributed by atoms with Crippen molar-refractivity contribution in [3.8, 4) is 0 Å². The second-order valence-electron chi connectivity index (χ2n) is 2.25. The highest BCUT2D eigenvalue weighted by molar-refractivity contribution is 9.11. The molecule has 0 atom stereocenters. The van der Waals surface area contributed by atoms with E-state index in [1.54, 1.807) is 0 Å². The second kappa shape index (κ2) is 3.35. The third-order valence-electron chi connectivity index (χ3n) is 1.21. The molecule has 0 spiro atoms. The SMILES string of the molecule is CS(=O)(=O)c1cc([N+](=O)[O-])c(Br)s1. The fourth-order valence-electron chi connectivity index (χ4n) is 0.646. The molecular formula is C5H4BrNO4S2. The van der Waals surface area contributed by atoms with Gasteiger partial charge in [-0.1, -0.05) is 0 Å². The van der Waals surface area contributed by atoms with E-state index in [-0.39, 0.29) is 13.7 Å². The van der Waals surface area contributed by atoms with Crippen molar-refractivity contribution < 1.29 is 13.3 Å². The normalized spacial score (nSPS) is 11.5. The summed E-state index contributed by atoms with van der Waals surface area (Å²) in [5.74, 6) is 0. The zero-order chi connectivity index (χ0) is 10.2. The summed E-state index contributed by atoms with van der Waals surface area (Å²) in [6.45, 7) is 0. The van der Waals surface area contributed by atoms with Gasteiger partial charge in [0.1, 0.15) is 8.00 Å². The first kappa shape index (κ1) is 10.6. The van der Waals surface area contributed by atoms with Gasteiger partial charge in [-0.15, -0.1) is 11.3 Å². The lowest BCUT2D eigenvalue weighted by atomic mass is 10.6. The second-order valence-corrected chi connectivity index (χ2v) is 6.87. The number of thiophene rings is 1. The largest absolute Gasteiger partial charge is 0.295 e. The number of nitro groups is 1. The highest BCUT2D eigenvalue weighted by atomic mass is 79.9. The predicted molar refractivity (Wildman–Crippen MR) is 51.8 cm³/mol. The molecule has 0 amide bonds. The molecule has 0 fully saturated rings. The fraction of sp³-hybridized carbons (Fsp3) is 0.200. The highest BCUT2D eigenvalue weighted by Gasteiger charge is 2.21. The quantitative estimate of drug-likeness (QED) is 0.613. The molecule has 0 aliphatic rings. The zero-order valence-corrected chi connectivity index (χ0v) is 9.57. The molecule has 0 aliphatic heterocycles. The minimum Gasteiger partial charge on any atom is -0.258 e. The van der Waals surface area contributed by atoms with Crippen LogP contribution in [0.3, 0.4) is 0 Å². The van der Waals surface area contributed by atoms with Crippen LogP contribution >= 0.6 is 27.3 Å². The lowest BCUT2D eigenvalue weighted by molar-refractivity contribution is -0.385. The van der Waals surface area contributed by atoms with E-state index in [0.717, 1.165) is 23.7 Å². The molecule has 0 radical (unpaired) electrons. The molecular weight excluding hydrogens is 282 g/mol. The Kier molecular flexibility index (Phi) is 2.74. The number of nitrogens with zero attached hydrogens (tertiary/aromatic N) is 1. The van der Waals surface area contributed by atoms with Gasteiger partial charge in [-0.2, -0.15) is 0 Å². The van der Waals surface area contributed by atoms with E-state index in [1.807, 2.05) is 0 Å². The monoisotopic (exact) mass is 285 g/mol. The summed E-state index contributed by atoms with van der Waals surface area (Å²) in [5, 5.41) is 10.3. The molecule has 0 aromatic carbocycles. The number of hydrogen-bond acceptors (Lipinski definition) is 5. The third-order valence-corrected chi connectivity index (χ3v) is 4.81. The fourth-order valence-corrected chi connectivity index (χ4v) is 3.52. The minimum atomic E-state index is -3.35. The Hall–Kier alpha value is -0.470. The Bertz CT molecular complexity index is 449. The van der Waals surface area contributed by atoms with Crippen LogP contribution in [0.4, 0.5) is 5.69 Å². The van der Waals surface area contributed by atoms with E-state index in [0.29, 0.717) is 0 Å². The van der Waals surface area contributed by atoms with Crippen LogP contribution < -0.4 is 0 Å². The summed E-state index contributed by atoms with van der Waals surface area (Å²) in [5.41, 5.74) is -0.217. The lowest BCUT2D eigenvalue weighted by Gasteiger charge is -1.86. The Morgan fingerprint density at radius 1 is 1.62 bits per heavy atom. The first-order chi connectivity index (χ1) is 5.82. The van der Waals surface area contributed by atoms with Crippen LogP contribution in [0.25, 0.3) is 0 Å². The van der Waals surface area contributed by atoms with Crippen LogP contribution in [0.5, 0.6) is 0 Å². The molecule has 0 N–H and O–H groups in total.